The SMILES string of the molecule is CN1C(=O)N/C(=C\c2ccc(N=C(c3ccc(CCCN4CCCCC4)cc3)c3c(O)[nH]c4ccc([N+](=O)[O-])cc34)cc2)C1=O. The van der Waals surface area contributed by atoms with Crippen LogP contribution >= 0.6 is 0 Å². The number of likely N-dealkylation sites (N-methyl/N-ethyl adjacent to an activating group) is 1. The fourth-order valence-corrected chi connectivity index (χ4v) is 5.87. The summed E-state index contributed by atoms with van der Waals surface area (Å²) in [4.78, 5) is 46.6. The van der Waals surface area contributed by atoms with E-state index in [0.717, 1.165) is 29.8 Å². The number of benzene rings is 3. The summed E-state index contributed by atoms with van der Waals surface area (Å²) in [5, 5.41) is 25.7. The Morgan fingerprint density at radius 2 is 1.76 bits per heavy atom. The van der Waals surface area contributed by atoms with E-state index in [0.29, 0.717) is 33.4 Å². The lowest BCUT2D eigenvalue weighted by atomic mass is 9.98. The highest BCUT2D eigenvalue weighted by molar-refractivity contribution is 6.22. The maximum Gasteiger partial charge on any atom is 0.328 e. The summed E-state index contributed by atoms with van der Waals surface area (Å²) in [7, 11) is 1.41. The van der Waals surface area contributed by atoms with E-state index in [4.69, 9.17) is 4.99 Å². The van der Waals surface area contributed by atoms with Gasteiger partial charge in [0.05, 0.1) is 21.9 Å². The van der Waals surface area contributed by atoms with Crippen molar-refractivity contribution in [1.29, 1.82) is 0 Å². The zero-order chi connectivity index (χ0) is 31.5. The van der Waals surface area contributed by atoms with Gasteiger partial charge in [-0.3, -0.25) is 19.8 Å². The normalized spacial score (nSPS) is 17.0. The maximum absolute atomic E-state index is 12.3. The van der Waals surface area contributed by atoms with E-state index in [9.17, 15) is 24.8 Å². The molecule has 1 aromatic heterocycles. The summed E-state index contributed by atoms with van der Waals surface area (Å²) in [5.41, 5.74) is 4.64. The number of nitrogens with one attached hydrogen (secondary N) is 2. The lowest BCUT2D eigenvalue weighted by Crippen LogP contribution is -2.30. The molecule has 3 aromatic carbocycles. The molecule has 0 unspecified atom stereocenters. The summed E-state index contributed by atoms with van der Waals surface area (Å²) in [6, 6.07) is 19.0. The van der Waals surface area contributed by atoms with Crippen LogP contribution in [0.2, 0.25) is 0 Å². The van der Waals surface area contributed by atoms with Crippen molar-refractivity contribution in [2.24, 2.45) is 4.99 Å². The number of aromatic hydroxyl groups is 1. The molecule has 3 amide bonds. The molecule has 0 radical (unpaired) electrons. The van der Waals surface area contributed by atoms with E-state index in [1.54, 1.807) is 36.4 Å². The maximum atomic E-state index is 12.3. The molecule has 0 saturated carbocycles. The number of nitro benzene ring substituents is 1. The quantitative estimate of drug-likeness (QED) is 0.0712. The third-order valence-corrected chi connectivity index (χ3v) is 8.35. The van der Waals surface area contributed by atoms with Crippen LogP contribution < -0.4 is 5.32 Å². The number of H-pyrrole nitrogens is 1. The zero-order valence-corrected chi connectivity index (χ0v) is 25.0. The molecule has 2 aliphatic heterocycles. The lowest BCUT2D eigenvalue weighted by Gasteiger charge is -2.26. The topological polar surface area (TPSA) is 144 Å². The molecule has 6 rings (SSSR count). The number of fused-ring (bicyclic) bond motifs is 1. The first-order valence-corrected chi connectivity index (χ1v) is 15.1. The Morgan fingerprint density at radius 1 is 1.02 bits per heavy atom. The molecule has 0 bridgehead atoms. The van der Waals surface area contributed by atoms with Crippen LogP contribution in [0.25, 0.3) is 17.0 Å². The zero-order valence-electron chi connectivity index (χ0n) is 25.0. The van der Waals surface area contributed by atoms with Crippen LogP contribution in [-0.4, -0.2) is 69.1 Å². The van der Waals surface area contributed by atoms with Crippen LogP contribution in [0.3, 0.4) is 0 Å². The van der Waals surface area contributed by atoms with Gasteiger partial charge in [0.25, 0.3) is 11.6 Å². The van der Waals surface area contributed by atoms with Gasteiger partial charge in [-0.25, -0.2) is 9.79 Å². The number of aromatic amines is 1. The molecule has 3 heterocycles. The minimum absolute atomic E-state index is 0.0947. The Bertz CT molecular complexity index is 1820. The van der Waals surface area contributed by atoms with E-state index in [1.807, 2.05) is 12.1 Å². The number of nitro groups is 1. The van der Waals surface area contributed by atoms with Gasteiger partial charge in [0.2, 0.25) is 0 Å². The number of non-ortho nitro benzene ring substituents is 1. The van der Waals surface area contributed by atoms with Crippen LogP contribution in [0.15, 0.2) is 77.4 Å². The smallest absolute Gasteiger partial charge is 0.328 e. The summed E-state index contributed by atoms with van der Waals surface area (Å²) in [6.07, 6.45) is 7.48. The summed E-state index contributed by atoms with van der Waals surface area (Å²) < 4.78 is 0. The van der Waals surface area contributed by atoms with Crippen LogP contribution in [0, 0.1) is 10.1 Å². The largest absolute Gasteiger partial charge is 0.494 e. The molecule has 0 aliphatic carbocycles. The van der Waals surface area contributed by atoms with Crippen molar-refractivity contribution in [3.8, 4) is 5.88 Å². The van der Waals surface area contributed by atoms with Gasteiger partial charge in [0.15, 0.2) is 5.88 Å². The standard InChI is InChI=1S/C34H34N6O5/c1-38-33(42)29(37-34(38)43)20-23-9-13-25(14-10-23)35-31(30-27-21-26(40(44)45)15-16-28(27)36-32(30)41)24-11-7-22(8-12-24)6-5-19-39-17-3-2-4-18-39/h7-16,20-21,36,41H,2-6,17-19H2,1H3,(H,37,43)/b29-20-,35-31?. The lowest BCUT2D eigenvalue weighted by molar-refractivity contribution is -0.384. The number of aliphatic imine (C=N–C) groups is 1. The highest BCUT2D eigenvalue weighted by atomic mass is 16.6. The second-order valence-corrected chi connectivity index (χ2v) is 11.4. The number of imide groups is 1. The number of nitrogens with zero attached hydrogens (tertiary/aromatic N) is 4. The summed E-state index contributed by atoms with van der Waals surface area (Å²) in [5.74, 6) is -0.556. The van der Waals surface area contributed by atoms with Crippen molar-refractivity contribution in [1.82, 2.24) is 20.1 Å². The van der Waals surface area contributed by atoms with Gasteiger partial charge in [-0.05, 0) is 80.7 Å². The first-order valence-electron chi connectivity index (χ1n) is 15.1. The third-order valence-electron chi connectivity index (χ3n) is 8.35. The summed E-state index contributed by atoms with van der Waals surface area (Å²) >= 11 is 0. The number of urea groups is 1. The van der Waals surface area contributed by atoms with Gasteiger partial charge in [-0.2, -0.15) is 0 Å². The molecule has 45 heavy (non-hydrogen) atoms. The van der Waals surface area contributed by atoms with Crippen molar-refractivity contribution in [3.05, 3.63) is 105 Å². The predicted molar refractivity (Wildman–Crippen MR) is 173 cm³/mol. The number of aromatic nitrogens is 1. The van der Waals surface area contributed by atoms with E-state index in [2.05, 4.69) is 27.3 Å². The second-order valence-electron chi connectivity index (χ2n) is 11.4. The molecule has 0 atom stereocenters. The number of carbonyl (C=O) groups excluding carboxylic acids is 2. The predicted octanol–water partition coefficient (Wildman–Crippen LogP) is 5.89. The van der Waals surface area contributed by atoms with Gasteiger partial charge in [-0.15, -0.1) is 0 Å². The molecule has 4 aromatic rings. The fraction of sp³-hybridized carbons (Fsp3) is 0.265. The van der Waals surface area contributed by atoms with Crippen molar-refractivity contribution in [2.75, 3.05) is 26.7 Å². The summed E-state index contributed by atoms with van der Waals surface area (Å²) in [6.45, 7) is 3.44. The minimum atomic E-state index is -0.482. The van der Waals surface area contributed by atoms with Crippen molar-refractivity contribution >= 4 is 46.0 Å². The Morgan fingerprint density at radius 3 is 2.42 bits per heavy atom. The number of hydrogen-bond donors (Lipinski definition) is 3. The van der Waals surface area contributed by atoms with Crippen LogP contribution in [0.4, 0.5) is 16.2 Å². The van der Waals surface area contributed by atoms with Gasteiger partial charge in [0.1, 0.15) is 5.70 Å². The highest BCUT2D eigenvalue weighted by Gasteiger charge is 2.30. The van der Waals surface area contributed by atoms with E-state index < -0.39 is 16.9 Å². The first-order chi connectivity index (χ1) is 21.8. The molecule has 0 spiro atoms. The van der Waals surface area contributed by atoms with Gasteiger partial charge < -0.3 is 20.3 Å². The molecule has 11 nitrogen and oxygen atoms in total. The van der Waals surface area contributed by atoms with Crippen molar-refractivity contribution < 1.29 is 19.6 Å². The van der Waals surface area contributed by atoms with Gasteiger partial charge in [0, 0.05) is 35.6 Å². The Labute approximate surface area is 260 Å². The molecule has 230 valence electrons. The number of carbonyl (C=O) groups is 2. The van der Waals surface area contributed by atoms with E-state index in [-0.39, 0.29) is 17.3 Å². The second kappa shape index (κ2) is 12.7. The average Bonchev–Trinajstić information content (AvgIpc) is 3.50. The number of piperidine rings is 1. The number of amides is 3. The van der Waals surface area contributed by atoms with Gasteiger partial charge >= 0.3 is 6.03 Å². The number of hydrogen-bond acceptors (Lipinski definition) is 7. The molecule has 3 N–H and O–H groups in total. The van der Waals surface area contributed by atoms with Crippen molar-refractivity contribution in [3.63, 3.8) is 0 Å². The minimum Gasteiger partial charge on any atom is -0.494 e. The van der Waals surface area contributed by atoms with Crippen LogP contribution in [0.1, 0.15) is 47.9 Å². The fourth-order valence-electron chi connectivity index (χ4n) is 5.87. The number of aryl methyl sites for hydroxylation is 1. The Hall–Kier alpha value is -5.29. The molecule has 2 fully saturated rings. The monoisotopic (exact) mass is 606 g/mol. The molecular weight excluding hydrogens is 572 g/mol. The molecule has 2 aliphatic rings. The van der Waals surface area contributed by atoms with Crippen LogP contribution in [-0.2, 0) is 11.2 Å². The van der Waals surface area contributed by atoms with E-state index >= 15 is 0 Å². The number of likely N-dealkylation sites (tertiary alicyclic amines) is 1. The molecular formula is C34H34N6O5. The van der Waals surface area contributed by atoms with E-state index in [1.165, 1.54) is 57.1 Å². The van der Waals surface area contributed by atoms with Crippen LogP contribution in [0.5, 0.6) is 5.88 Å². The third kappa shape index (κ3) is 6.48. The molecule has 2 saturated heterocycles. The Balaban J connectivity index is 1.33. The van der Waals surface area contributed by atoms with Crippen molar-refractivity contribution in [2.45, 2.75) is 32.1 Å². The van der Waals surface area contributed by atoms with Gasteiger partial charge in [-0.1, -0.05) is 42.8 Å². The average molecular weight is 607 g/mol. The molecule has 11 heteroatoms. The highest BCUT2D eigenvalue weighted by Crippen LogP contribution is 2.34. The first kappa shape index (κ1) is 29.8. The number of rotatable bonds is 9. The Kier molecular flexibility index (Phi) is 8.43.